The molecule has 5 heteroatoms. The average Bonchev–Trinajstić information content (AvgIpc) is 3.71. The molecule has 0 bridgehead atoms. The van der Waals surface area contributed by atoms with Crippen molar-refractivity contribution in [3.63, 3.8) is 0 Å². The summed E-state index contributed by atoms with van der Waals surface area (Å²) in [5, 5.41) is 7.10. The van der Waals surface area contributed by atoms with Crippen LogP contribution in [0.3, 0.4) is 0 Å². The molecule has 5 aromatic carbocycles. The standard InChI is InChI=1S/C35H21BN2O2/c1-18-16-24(19-10-6-11-22-29-20-8-2-4-14-27(20)39-34(29)37-32(19)22)31-26(17-18)38-33-23(12-7-13-25(33)36-31)30-21-9-3-5-15-28(21)40-35(30)38/h2-17,36-37H,1H3. The van der Waals surface area contributed by atoms with Crippen LogP contribution in [0.5, 0.6) is 0 Å². The van der Waals surface area contributed by atoms with Gasteiger partial charge < -0.3 is 13.8 Å². The van der Waals surface area contributed by atoms with Crippen molar-refractivity contribution in [1.82, 2.24) is 9.55 Å². The maximum atomic E-state index is 6.58. The van der Waals surface area contributed by atoms with E-state index in [0.29, 0.717) is 0 Å². The third-order valence-corrected chi connectivity index (χ3v) is 8.83. The number of fused-ring (bicyclic) bond motifs is 12. The number of rotatable bonds is 1. The quantitative estimate of drug-likeness (QED) is 0.231. The van der Waals surface area contributed by atoms with Gasteiger partial charge in [-0.15, -0.1) is 0 Å². The minimum absolute atomic E-state index is 0.826. The first-order chi connectivity index (χ1) is 19.7. The first kappa shape index (κ1) is 20.8. The third kappa shape index (κ3) is 2.44. The largest absolute Gasteiger partial charge is 0.440 e. The van der Waals surface area contributed by atoms with E-state index in [1.165, 1.54) is 60.4 Å². The predicted octanol–water partition coefficient (Wildman–Crippen LogP) is 7.59. The number of furan rings is 2. The molecule has 0 spiro atoms. The second-order valence-electron chi connectivity index (χ2n) is 11.1. The highest BCUT2D eigenvalue weighted by Gasteiger charge is 2.29. The number of para-hydroxylation sites is 4. The van der Waals surface area contributed by atoms with E-state index >= 15 is 0 Å². The van der Waals surface area contributed by atoms with Crippen LogP contribution < -0.4 is 10.9 Å². The summed E-state index contributed by atoms with van der Waals surface area (Å²) in [6, 6.07) is 34.6. The summed E-state index contributed by atoms with van der Waals surface area (Å²) in [4.78, 5) is 3.65. The van der Waals surface area contributed by atoms with Crippen LogP contribution in [0.4, 0.5) is 0 Å². The van der Waals surface area contributed by atoms with Crippen molar-refractivity contribution in [2.75, 3.05) is 0 Å². The van der Waals surface area contributed by atoms with Crippen molar-refractivity contribution < 1.29 is 8.83 Å². The molecule has 9 aromatic rings. The number of nitrogens with one attached hydrogen (secondary N) is 1. The Kier molecular flexibility index (Phi) is 3.67. The molecule has 0 saturated heterocycles. The van der Waals surface area contributed by atoms with E-state index in [-0.39, 0.29) is 0 Å². The molecule has 0 radical (unpaired) electrons. The van der Waals surface area contributed by atoms with Gasteiger partial charge in [0.1, 0.15) is 11.2 Å². The molecule has 10 rings (SSSR count). The SMILES string of the molecule is Cc1cc(-c2cccc3c2[nH]c2oc4ccccc4c23)c2c(c1)-n1c3oc4ccccc4c3c3cccc(c31)B2. The molecule has 1 aliphatic heterocycles. The van der Waals surface area contributed by atoms with Gasteiger partial charge in [-0.25, -0.2) is 0 Å². The fourth-order valence-electron chi connectivity index (χ4n) is 7.23. The van der Waals surface area contributed by atoms with Crippen LogP contribution in [0.1, 0.15) is 5.56 Å². The second-order valence-corrected chi connectivity index (χ2v) is 11.1. The summed E-state index contributed by atoms with van der Waals surface area (Å²) in [6.07, 6.45) is 0. The highest BCUT2D eigenvalue weighted by Crippen LogP contribution is 2.41. The van der Waals surface area contributed by atoms with E-state index in [1.54, 1.807) is 0 Å². The maximum Gasteiger partial charge on any atom is 0.213 e. The number of aromatic nitrogens is 2. The van der Waals surface area contributed by atoms with Crippen molar-refractivity contribution in [2.45, 2.75) is 6.92 Å². The van der Waals surface area contributed by atoms with Crippen LogP contribution in [0, 0.1) is 6.92 Å². The molecule has 5 heterocycles. The molecule has 0 saturated carbocycles. The molecule has 0 unspecified atom stereocenters. The van der Waals surface area contributed by atoms with Crippen LogP contribution in [0.25, 0.3) is 82.8 Å². The van der Waals surface area contributed by atoms with Crippen LogP contribution in [0.2, 0.25) is 0 Å². The Morgan fingerprint density at radius 2 is 1.40 bits per heavy atom. The van der Waals surface area contributed by atoms with Gasteiger partial charge in [0.15, 0.2) is 7.28 Å². The van der Waals surface area contributed by atoms with E-state index in [2.05, 4.69) is 95.3 Å². The highest BCUT2D eigenvalue weighted by molar-refractivity contribution is 6.73. The summed E-state index contributed by atoms with van der Waals surface area (Å²) < 4.78 is 15.2. The molecule has 0 aliphatic carbocycles. The molecule has 1 N–H and O–H groups in total. The lowest BCUT2D eigenvalue weighted by molar-refractivity contribution is 0.645. The van der Waals surface area contributed by atoms with E-state index in [1.807, 2.05) is 18.2 Å². The molecule has 4 aromatic heterocycles. The summed E-state index contributed by atoms with van der Waals surface area (Å²) in [5.41, 5.74) is 13.4. The number of benzene rings is 5. The molecule has 0 atom stereocenters. The molecular weight excluding hydrogens is 491 g/mol. The Morgan fingerprint density at radius 3 is 2.27 bits per heavy atom. The number of aromatic amines is 1. The Morgan fingerprint density at radius 1 is 0.675 bits per heavy atom. The van der Waals surface area contributed by atoms with E-state index in [0.717, 1.165) is 46.2 Å². The van der Waals surface area contributed by atoms with Gasteiger partial charge in [-0.05, 0) is 41.7 Å². The average molecular weight is 512 g/mol. The Bertz CT molecular complexity index is 2540. The molecular formula is C35H21BN2O2. The van der Waals surface area contributed by atoms with Crippen molar-refractivity contribution in [2.24, 2.45) is 0 Å². The van der Waals surface area contributed by atoms with Gasteiger partial charge in [-0.3, -0.25) is 4.57 Å². The van der Waals surface area contributed by atoms with E-state index < -0.39 is 0 Å². The molecule has 0 fully saturated rings. The monoisotopic (exact) mass is 512 g/mol. The summed E-state index contributed by atoms with van der Waals surface area (Å²) in [6.45, 7) is 2.19. The number of nitrogens with zero attached hydrogens (tertiary/aromatic N) is 1. The predicted molar refractivity (Wildman–Crippen MR) is 166 cm³/mol. The maximum absolute atomic E-state index is 6.58. The minimum Gasteiger partial charge on any atom is -0.440 e. The smallest absolute Gasteiger partial charge is 0.213 e. The van der Waals surface area contributed by atoms with Crippen LogP contribution in [-0.2, 0) is 0 Å². The third-order valence-electron chi connectivity index (χ3n) is 8.83. The van der Waals surface area contributed by atoms with Crippen molar-refractivity contribution in [3.05, 3.63) is 103 Å². The van der Waals surface area contributed by atoms with Gasteiger partial charge in [0.05, 0.1) is 21.8 Å². The van der Waals surface area contributed by atoms with Crippen LogP contribution >= 0.6 is 0 Å². The fourth-order valence-corrected chi connectivity index (χ4v) is 7.23. The highest BCUT2D eigenvalue weighted by atomic mass is 16.3. The van der Waals surface area contributed by atoms with Crippen molar-refractivity contribution in [1.29, 1.82) is 0 Å². The van der Waals surface area contributed by atoms with Crippen molar-refractivity contribution in [3.8, 4) is 16.8 Å². The lowest BCUT2D eigenvalue weighted by atomic mass is 9.59. The van der Waals surface area contributed by atoms with Gasteiger partial charge in [-0.2, -0.15) is 0 Å². The Labute approximate surface area is 228 Å². The molecule has 0 amide bonds. The number of aryl methyl sites for hydroxylation is 1. The van der Waals surface area contributed by atoms with Gasteiger partial charge in [-0.1, -0.05) is 84.3 Å². The number of hydrogen-bond donors (Lipinski definition) is 1. The second kappa shape index (κ2) is 7.07. The Balaban J connectivity index is 1.32. The number of hydrogen-bond acceptors (Lipinski definition) is 2. The van der Waals surface area contributed by atoms with Gasteiger partial charge >= 0.3 is 0 Å². The Hall–Kier alpha value is -5.16. The molecule has 40 heavy (non-hydrogen) atoms. The summed E-state index contributed by atoms with van der Waals surface area (Å²) >= 11 is 0. The first-order valence-corrected chi connectivity index (χ1v) is 13.7. The summed E-state index contributed by atoms with van der Waals surface area (Å²) in [5.74, 6) is 0. The summed E-state index contributed by atoms with van der Waals surface area (Å²) in [7, 11) is 0.864. The van der Waals surface area contributed by atoms with E-state index in [4.69, 9.17) is 8.83 Å². The minimum atomic E-state index is 0.826. The van der Waals surface area contributed by atoms with Crippen LogP contribution in [0.15, 0.2) is 106 Å². The zero-order valence-corrected chi connectivity index (χ0v) is 21.7. The van der Waals surface area contributed by atoms with Crippen LogP contribution in [-0.4, -0.2) is 16.8 Å². The van der Waals surface area contributed by atoms with Crippen molar-refractivity contribution >= 4 is 84.1 Å². The first-order valence-electron chi connectivity index (χ1n) is 13.7. The normalized spacial score (nSPS) is 12.8. The zero-order chi connectivity index (χ0) is 26.1. The lowest BCUT2D eigenvalue weighted by Crippen LogP contribution is -2.37. The van der Waals surface area contributed by atoms with Gasteiger partial charge in [0, 0.05) is 32.8 Å². The van der Waals surface area contributed by atoms with Gasteiger partial charge in [0.2, 0.25) is 11.4 Å². The van der Waals surface area contributed by atoms with E-state index in [9.17, 15) is 0 Å². The number of H-pyrrole nitrogens is 1. The lowest BCUT2D eigenvalue weighted by Gasteiger charge is -2.23. The fraction of sp³-hybridized carbons (Fsp3) is 0.0286. The molecule has 1 aliphatic rings. The molecule has 4 nitrogen and oxygen atoms in total. The molecule has 186 valence electrons. The topological polar surface area (TPSA) is 47.0 Å². The van der Waals surface area contributed by atoms with Gasteiger partial charge in [0.25, 0.3) is 0 Å². The zero-order valence-electron chi connectivity index (χ0n) is 21.7.